The van der Waals surface area contributed by atoms with Crippen LogP contribution in [0.1, 0.15) is 12.8 Å². The SMILES string of the molecule is CN(C)C(=O)CCCn1ccc(Nc2ncnc3ccsc23)n1. The van der Waals surface area contributed by atoms with E-state index in [0.717, 1.165) is 28.3 Å². The van der Waals surface area contributed by atoms with Gasteiger partial charge in [0.15, 0.2) is 11.6 Å². The number of nitrogens with zero attached hydrogens (tertiary/aromatic N) is 5. The lowest BCUT2D eigenvalue weighted by atomic mass is 10.3. The first-order valence-corrected chi connectivity index (χ1v) is 8.20. The van der Waals surface area contributed by atoms with E-state index in [2.05, 4.69) is 20.4 Å². The van der Waals surface area contributed by atoms with Crippen LogP contribution in [0.25, 0.3) is 10.2 Å². The summed E-state index contributed by atoms with van der Waals surface area (Å²) in [5, 5.41) is 9.68. The van der Waals surface area contributed by atoms with Gasteiger partial charge in [0.1, 0.15) is 6.33 Å². The summed E-state index contributed by atoms with van der Waals surface area (Å²) in [5.41, 5.74) is 0.925. The highest BCUT2D eigenvalue weighted by Crippen LogP contribution is 2.26. The Labute approximate surface area is 138 Å². The molecule has 0 aliphatic carbocycles. The lowest BCUT2D eigenvalue weighted by Crippen LogP contribution is -2.21. The number of carbonyl (C=O) groups excluding carboxylic acids is 1. The van der Waals surface area contributed by atoms with Crippen molar-refractivity contribution < 1.29 is 4.79 Å². The summed E-state index contributed by atoms with van der Waals surface area (Å²) in [4.78, 5) is 21.7. The van der Waals surface area contributed by atoms with Crippen LogP contribution in [0.5, 0.6) is 0 Å². The zero-order valence-corrected chi connectivity index (χ0v) is 13.9. The molecule has 0 radical (unpaired) electrons. The second-order valence-electron chi connectivity index (χ2n) is 5.34. The number of rotatable bonds is 6. The number of aryl methyl sites for hydroxylation is 1. The topological polar surface area (TPSA) is 75.9 Å². The molecule has 0 saturated carbocycles. The molecule has 3 aromatic heterocycles. The number of fused-ring (bicyclic) bond motifs is 1. The molecule has 23 heavy (non-hydrogen) atoms. The highest BCUT2D eigenvalue weighted by atomic mass is 32.1. The number of nitrogens with one attached hydrogen (secondary N) is 1. The molecule has 0 unspecified atom stereocenters. The Bertz CT molecular complexity index is 809. The fraction of sp³-hybridized carbons (Fsp3) is 0.333. The van der Waals surface area contributed by atoms with Gasteiger partial charge in [-0.15, -0.1) is 11.3 Å². The molecule has 7 nitrogen and oxygen atoms in total. The summed E-state index contributed by atoms with van der Waals surface area (Å²) < 4.78 is 2.84. The summed E-state index contributed by atoms with van der Waals surface area (Å²) in [6, 6.07) is 3.86. The molecule has 0 aliphatic rings. The summed E-state index contributed by atoms with van der Waals surface area (Å²) in [5.74, 6) is 1.63. The van der Waals surface area contributed by atoms with E-state index in [1.807, 2.05) is 28.4 Å². The number of amides is 1. The molecule has 3 heterocycles. The quantitative estimate of drug-likeness (QED) is 0.751. The van der Waals surface area contributed by atoms with Crippen molar-refractivity contribution in [3.05, 3.63) is 30.0 Å². The van der Waals surface area contributed by atoms with Crippen LogP contribution in [-0.4, -0.2) is 44.7 Å². The molecule has 1 amide bonds. The van der Waals surface area contributed by atoms with Crippen molar-refractivity contribution in [2.24, 2.45) is 0 Å². The Morgan fingerprint density at radius 1 is 1.35 bits per heavy atom. The smallest absolute Gasteiger partial charge is 0.222 e. The van der Waals surface area contributed by atoms with Gasteiger partial charge in [-0.25, -0.2) is 9.97 Å². The highest BCUT2D eigenvalue weighted by molar-refractivity contribution is 7.17. The van der Waals surface area contributed by atoms with Crippen molar-refractivity contribution in [2.75, 3.05) is 19.4 Å². The Balaban J connectivity index is 1.61. The monoisotopic (exact) mass is 330 g/mol. The molecule has 0 atom stereocenters. The minimum atomic E-state index is 0.136. The fourth-order valence-corrected chi connectivity index (χ4v) is 2.96. The average Bonchev–Trinajstić information content (AvgIpc) is 3.16. The first kappa shape index (κ1) is 15.4. The predicted molar refractivity (Wildman–Crippen MR) is 90.9 cm³/mol. The first-order chi connectivity index (χ1) is 11.1. The maximum atomic E-state index is 11.5. The molecule has 0 aromatic carbocycles. The standard InChI is InChI=1S/C15H18N6OS/c1-20(2)13(22)4-3-7-21-8-5-12(19-21)18-15-14-11(6-9-23-14)16-10-17-15/h5-6,8-10H,3-4,7H2,1-2H3,(H,16,17,18,19). The number of anilines is 2. The molecule has 0 aliphatic heterocycles. The molecule has 1 N–H and O–H groups in total. The van der Waals surface area contributed by atoms with Crippen LogP contribution in [-0.2, 0) is 11.3 Å². The second kappa shape index (κ2) is 6.74. The summed E-state index contributed by atoms with van der Waals surface area (Å²) in [7, 11) is 3.54. The van der Waals surface area contributed by atoms with Gasteiger partial charge in [-0.3, -0.25) is 9.48 Å². The summed E-state index contributed by atoms with van der Waals surface area (Å²) in [6.07, 6.45) is 4.73. The van der Waals surface area contributed by atoms with Crippen LogP contribution in [0.4, 0.5) is 11.6 Å². The average molecular weight is 330 g/mol. The number of carbonyl (C=O) groups is 1. The van der Waals surface area contributed by atoms with E-state index in [-0.39, 0.29) is 5.91 Å². The van der Waals surface area contributed by atoms with Gasteiger partial charge in [0.2, 0.25) is 5.91 Å². The van der Waals surface area contributed by atoms with Crippen LogP contribution < -0.4 is 5.32 Å². The van der Waals surface area contributed by atoms with Gasteiger partial charge in [0.25, 0.3) is 0 Å². The highest BCUT2D eigenvalue weighted by Gasteiger charge is 2.08. The minimum absolute atomic E-state index is 0.136. The normalized spacial score (nSPS) is 10.9. The third kappa shape index (κ3) is 3.65. The van der Waals surface area contributed by atoms with E-state index < -0.39 is 0 Å². The number of aromatic nitrogens is 4. The van der Waals surface area contributed by atoms with E-state index in [0.29, 0.717) is 13.0 Å². The van der Waals surface area contributed by atoms with Gasteiger partial charge in [0, 0.05) is 39.3 Å². The third-order valence-corrected chi connectivity index (χ3v) is 4.32. The van der Waals surface area contributed by atoms with Crippen molar-refractivity contribution in [1.82, 2.24) is 24.6 Å². The van der Waals surface area contributed by atoms with Gasteiger partial charge in [-0.05, 0) is 17.9 Å². The Kier molecular flexibility index (Phi) is 4.52. The summed E-state index contributed by atoms with van der Waals surface area (Å²) >= 11 is 1.60. The zero-order valence-electron chi connectivity index (χ0n) is 13.1. The largest absolute Gasteiger partial charge is 0.349 e. The van der Waals surface area contributed by atoms with Crippen molar-refractivity contribution in [3.63, 3.8) is 0 Å². The molecule has 8 heteroatoms. The van der Waals surface area contributed by atoms with E-state index in [1.54, 1.807) is 36.7 Å². The maximum absolute atomic E-state index is 11.5. The zero-order chi connectivity index (χ0) is 16.2. The fourth-order valence-electron chi connectivity index (χ4n) is 2.17. The van der Waals surface area contributed by atoms with Gasteiger partial charge in [-0.1, -0.05) is 0 Å². The first-order valence-electron chi connectivity index (χ1n) is 7.32. The van der Waals surface area contributed by atoms with Crippen LogP contribution in [0.2, 0.25) is 0 Å². The number of hydrogen-bond acceptors (Lipinski definition) is 6. The second-order valence-corrected chi connectivity index (χ2v) is 6.25. The van der Waals surface area contributed by atoms with Crippen LogP contribution in [0.15, 0.2) is 30.0 Å². The van der Waals surface area contributed by atoms with Gasteiger partial charge in [-0.2, -0.15) is 5.10 Å². The molecule has 0 fully saturated rings. The van der Waals surface area contributed by atoms with Gasteiger partial charge >= 0.3 is 0 Å². The molecule has 0 bridgehead atoms. The molecule has 120 valence electrons. The van der Waals surface area contributed by atoms with E-state index in [9.17, 15) is 4.79 Å². The van der Waals surface area contributed by atoms with E-state index >= 15 is 0 Å². The Hall–Kier alpha value is -2.48. The van der Waals surface area contributed by atoms with Crippen molar-refractivity contribution in [3.8, 4) is 0 Å². The minimum Gasteiger partial charge on any atom is -0.349 e. The van der Waals surface area contributed by atoms with Crippen molar-refractivity contribution >= 4 is 39.1 Å². The van der Waals surface area contributed by atoms with Crippen LogP contribution in [0.3, 0.4) is 0 Å². The Morgan fingerprint density at radius 2 is 2.22 bits per heavy atom. The lowest BCUT2D eigenvalue weighted by molar-refractivity contribution is -0.128. The number of thiophene rings is 1. The summed E-state index contributed by atoms with van der Waals surface area (Å²) in [6.45, 7) is 0.708. The lowest BCUT2D eigenvalue weighted by Gasteiger charge is -2.09. The van der Waals surface area contributed by atoms with Crippen molar-refractivity contribution in [2.45, 2.75) is 19.4 Å². The van der Waals surface area contributed by atoms with Crippen LogP contribution in [0, 0.1) is 0 Å². The third-order valence-electron chi connectivity index (χ3n) is 3.41. The van der Waals surface area contributed by atoms with Crippen LogP contribution >= 0.6 is 11.3 Å². The molecule has 3 rings (SSSR count). The molecular formula is C15H18N6OS. The molecule has 3 aromatic rings. The Morgan fingerprint density at radius 3 is 3.04 bits per heavy atom. The molecular weight excluding hydrogens is 312 g/mol. The van der Waals surface area contributed by atoms with Crippen molar-refractivity contribution in [1.29, 1.82) is 0 Å². The maximum Gasteiger partial charge on any atom is 0.222 e. The molecule has 0 saturated heterocycles. The number of hydrogen-bond donors (Lipinski definition) is 1. The van der Waals surface area contributed by atoms with Gasteiger partial charge in [0.05, 0.1) is 10.2 Å². The van der Waals surface area contributed by atoms with E-state index in [1.165, 1.54) is 0 Å². The van der Waals surface area contributed by atoms with E-state index in [4.69, 9.17) is 0 Å². The van der Waals surface area contributed by atoms with Gasteiger partial charge < -0.3 is 10.2 Å². The predicted octanol–water partition coefficient (Wildman–Crippen LogP) is 2.50. The molecule has 0 spiro atoms.